The van der Waals surface area contributed by atoms with Crippen LogP contribution in [0.15, 0.2) is 41.1 Å². The van der Waals surface area contributed by atoms with E-state index in [0.717, 1.165) is 4.47 Å². The van der Waals surface area contributed by atoms with Crippen LogP contribution in [0.4, 0.5) is 0 Å². The molecule has 0 aliphatic rings. The highest BCUT2D eigenvalue weighted by Gasteiger charge is 2.07. The SMILES string of the molecule is OC(COc1ccc(Cl)cc1)Cn1cc(Br)cn1. The Morgan fingerprint density at radius 3 is 2.72 bits per heavy atom. The highest BCUT2D eigenvalue weighted by Crippen LogP contribution is 2.15. The van der Waals surface area contributed by atoms with Crippen LogP contribution in [0.1, 0.15) is 0 Å². The van der Waals surface area contributed by atoms with Gasteiger partial charge in [-0.1, -0.05) is 11.6 Å². The zero-order valence-electron chi connectivity index (χ0n) is 9.46. The van der Waals surface area contributed by atoms with Crippen molar-refractivity contribution in [3.63, 3.8) is 0 Å². The van der Waals surface area contributed by atoms with Crippen LogP contribution in [-0.2, 0) is 6.54 Å². The third-order valence-electron chi connectivity index (χ3n) is 2.26. The zero-order valence-corrected chi connectivity index (χ0v) is 11.8. The van der Waals surface area contributed by atoms with Crippen LogP contribution in [0.3, 0.4) is 0 Å². The average molecular weight is 332 g/mol. The molecule has 1 heterocycles. The van der Waals surface area contributed by atoms with E-state index < -0.39 is 6.10 Å². The summed E-state index contributed by atoms with van der Waals surface area (Å²) in [6.45, 7) is 0.596. The summed E-state index contributed by atoms with van der Waals surface area (Å²) in [4.78, 5) is 0. The van der Waals surface area contributed by atoms with Gasteiger partial charge < -0.3 is 9.84 Å². The molecule has 1 N–H and O–H groups in total. The second kappa shape index (κ2) is 6.22. The van der Waals surface area contributed by atoms with E-state index in [1.165, 1.54) is 0 Å². The number of nitrogens with zero attached hydrogens (tertiary/aromatic N) is 2. The van der Waals surface area contributed by atoms with Crippen molar-refractivity contribution in [3.05, 3.63) is 46.2 Å². The Bertz CT molecular complexity index is 501. The van der Waals surface area contributed by atoms with Crippen molar-refractivity contribution in [1.82, 2.24) is 9.78 Å². The molecular weight excluding hydrogens is 320 g/mol. The molecule has 18 heavy (non-hydrogen) atoms. The molecular formula is C12H12BrClN2O2. The topological polar surface area (TPSA) is 47.3 Å². The summed E-state index contributed by atoms with van der Waals surface area (Å²) in [5.74, 6) is 0.681. The fourth-order valence-electron chi connectivity index (χ4n) is 1.43. The van der Waals surface area contributed by atoms with E-state index in [-0.39, 0.29) is 6.61 Å². The molecule has 0 fully saturated rings. The molecule has 0 saturated carbocycles. The summed E-state index contributed by atoms with van der Waals surface area (Å²) in [5, 5.41) is 14.5. The van der Waals surface area contributed by atoms with Crippen molar-refractivity contribution >= 4 is 27.5 Å². The molecule has 1 aromatic heterocycles. The van der Waals surface area contributed by atoms with Crippen molar-refractivity contribution in [2.24, 2.45) is 0 Å². The van der Waals surface area contributed by atoms with Crippen LogP contribution in [0.25, 0.3) is 0 Å². The number of aliphatic hydroxyl groups excluding tert-OH is 1. The second-order valence-corrected chi connectivity index (χ2v) is 5.15. The Kier molecular flexibility index (Phi) is 4.63. The number of benzene rings is 1. The summed E-state index contributed by atoms with van der Waals surface area (Å²) in [7, 11) is 0. The Hall–Kier alpha value is -1.04. The van der Waals surface area contributed by atoms with Gasteiger partial charge in [0.05, 0.1) is 17.2 Å². The van der Waals surface area contributed by atoms with Crippen LogP contribution < -0.4 is 4.74 Å². The van der Waals surface area contributed by atoms with E-state index in [9.17, 15) is 5.11 Å². The number of hydrogen-bond acceptors (Lipinski definition) is 3. The van der Waals surface area contributed by atoms with Gasteiger partial charge in [-0.3, -0.25) is 4.68 Å². The maximum absolute atomic E-state index is 9.80. The Balaban J connectivity index is 1.81. The first-order valence-electron chi connectivity index (χ1n) is 5.38. The number of ether oxygens (including phenoxy) is 1. The maximum atomic E-state index is 9.80. The highest BCUT2D eigenvalue weighted by molar-refractivity contribution is 9.10. The molecule has 2 rings (SSSR count). The van der Waals surface area contributed by atoms with E-state index in [2.05, 4.69) is 21.0 Å². The largest absolute Gasteiger partial charge is 0.491 e. The van der Waals surface area contributed by atoms with Gasteiger partial charge in [-0.15, -0.1) is 0 Å². The fourth-order valence-corrected chi connectivity index (χ4v) is 1.88. The maximum Gasteiger partial charge on any atom is 0.119 e. The van der Waals surface area contributed by atoms with Crippen LogP contribution in [0.5, 0.6) is 5.75 Å². The first kappa shape index (κ1) is 13.4. The summed E-state index contributed by atoms with van der Waals surface area (Å²) >= 11 is 9.06. The van der Waals surface area contributed by atoms with Crippen molar-refractivity contribution in [3.8, 4) is 5.75 Å². The zero-order chi connectivity index (χ0) is 13.0. The Labute approximate surface area is 118 Å². The summed E-state index contributed by atoms with van der Waals surface area (Å²) in [5.41, 5.74) is 0. The Morgan fingerprint density at radius 2 is 2.11 bits per heavy atom. The van der Waals surface area contributed by atoms with Crippen molar-refractivity contribution in [2.45, 2.75) is 12.6 Å². The molecule has 4 nitrogen and oxygen atoms in total. The average Bonchev–Trinajstić information content (AvgIpc) is 2.74. The van der Waals surface area contributed by atoms with Crippen molar-refractivity contribution in [2.75, 3.05) is 6.61 Å². The third-order valence-corrected chi connectivity index (χ3v) is 2.92. The molecule has 2 aromatic rings. The molecule has 0 aliphatic carbocycles. The van der Waals surface area contributed by atoms with E-state index in [1.807, 2.05) is 0 Å². The van der Waals surface area contributed by atoms with Gasteiger partial charge in [0, 0.05) is 11.2 Å². The van der Waals surface area contributed by atoms with Gasteiger partial charge in [0.1, 0.15) is 18.5 Å². The lowest BCUT2D eigenvalue weighted by Crippen LogP contribution is -2.23. The van der Waals surface area contributed by atoms with Crippen LogP contribution >= 0.6 is 27.5 Å². The quantitative estimate of drug-likeness (QED) is 0.916. The minimum Gasteiger partial charge on any atom is -0.491 e. The van der Waals surface area contributed by atoms with Crippen LogP contribution in [0.2, 0.25) is 5.02 Å². The number of rotatable bonds is 5. The number of aromatic nitrogens is 2. The molecule has 0 spiro atoms. The molecule has 96 valence electrons. The van der Waals surface area contributed by atoms with Gasteiger partial charge in [-0.2, -0.15) is 5.10 Å². The third kappa shape index (κ3) is 4.01. The lowest BCUT2D eigenvalue weighted by atomic mass is 10.3. The van der Waals surface area contributed by atoms with E-state index in [1.54, 1.807) is 41.3 Å². The van der Waals surface area contributed by atoms with Gasteiger partial charge in [0.15, 0.2) is 0 Å². The predicted molar refractivity (Wildman–Crippen MR) is 72.9 cm³/mol. The van der Waals surface area contributed by atoms with Gasteiger partial charge in [-0.25, -0.2) is 0 Å². The van der Waals surface area contributed by atoms with Gasteiger partial charge in [-0.05, 0) is 40.2 Å². The molecule has 0 saturated heterocycles. The molecule has 6 heteroatoms. The molecule has 1 aromatic carbocycles. The fraction of sp³-hybridized carbons (Fsp3) is 0.250. The van der Waals surface area contributed by atoms with Crippen molar-refractivity contribution < 1.29 is 9.84 Å². The lowest BCUT2D eigenvalue weighted by Gasteiger charge is -2.12. The molecule has 0 radical (unpaired) electrons. The smallest absolute Gasteiger partial charge is 0.119 e. The number of halogens is 2. The van der Waals surface area contributed by atoms with Crippen molar-refractivity contribution in [1.29, 1.82) is 0 Å². The standard InChI is InChI=1S/C12H12BrClN2O2/c13-9-5-15-16(6-9)7-11(17)8-18-12-3-1-10(14)2-4-12/h1-6,11,17H,7-8H2. The summed E-state index contributed by atoms with van der Waals surface area (Å²) < 4.78 is 7.98. The summed E-state index contributed by atoms with van der Waals surface area (Å²) in [6.07, 6.45) is 2.85. The molecule has 1 unspecified atom stereocenters. The van der Waals surface area contributed by atoms with Gasteiger partial charge in [0.2, 0.25) is 0 Å². The first-order chi connectivity index (χ1) is 8.63. The molecule has 0 bridgehead atoms. The van der Waals surface area contributed by atoms with E-state index in [4.69, 9.17) is 16.3 Å². The summed E-state index contributed by atoms with van der Waals surface area (Å²) in [6, 6.07) is 7.01. The number of aliphatic hydroxyl groups is 1. The monoisotopic (exact) mass is 330 g/mol. The van der Waals surface area contributed by atoms with Crippen LogP contribution in [-0.4, -0.2) is 27.6 Å². The second-order valence-electron chi connectivity index (χ2n) is 3.80. The molecule has 0 amide bonds. The minimum atomic E-state index is -0.618. The normalized spacial score (nSPS) is 12.4. The molecule has 1 atom stereocenters. The van der Waals surface area contributed by atoms with E-state index >= 15 is 0 Å². The minimum absolute atomic E-state index is 0.207. The highest BCUT2D eigenvalue weighted by atomic mass is 79.9. The van der Waals surface area contributed by atoms with Gasteiger partial charge >= 0.3 is 0 Å². The first-order valence-corrected chi connectivity index (χ1v) is 6.55. The lowest BCUT2D eigenvalue weighted by molar-refractivity contribution is 0.0893. The van der Waals surface area contributed by atoms with E-state index in [0.29, 0.717) is 17.3 Å². The Morgan fingerprint density at radius 1 is 1.39 bits per heavy atom. The van der Waals surface area contributed by atoms with Gasteiger partial charge in [0.25, 0.3) is 0 Å². The number of hydrogen-bond donors (Lipinski definition) is 1. The molecule has 0 aliphatic heterocycles. The van der Waals surface area contributed by atoms with Crippen LogP contribution in [0, 0.1) is 0 Å². The predicted octanol–water partition coefficient (Wildman–Crippen LogP) is 2.74.